The first kappa shape index (κ1) is 14.6. The number of aromatic nitrogens is 1. The van der Waals surface area contributed by atoms with E-state index in [2.05, 4.69) is 5.32 Å². The summed E-state index contributed by atoms with van der Waals surface area (Å²) in [5, 5.41) is 13.2. The van der Waals surface area contributed by atoms with Crippen molar-refractivity contribution >= 4 is 5.91 Å². The second kappa shape index (κ2) is 6.65. The highest BCUT2D eigenvalue weighted by Gasteiger charge is 2.31. The molecule has 2 N–H and O–H groups in total. The first-order chi connectivity index (χ1) is 10.2. The van der Waals surface area contributed by atoms with E-state index in [1.165, 1.54) is 25.7 Å². The molecule has 1 amide bonds. The largest absolute Gasteiger partial charge is 0.388 e. The smallest absolute Gasteiger partial charge is 0.240 e. The fourth-order valence-electron chi connectivity index (χ4n) is 3.28. The molecule has 1 aromatic rings. The molecule has 0 aromatic carbocycles. The summed E-state index contributed by atoms with van der Waals surface area (Å²) in [4.78, 5) is 12.1. The van der Waals surface area contributed by atoms with Crippen LogP contribution in [0.3, 0.4) is 0 Å². The van der Waals surface area contributed by atoms with Gasteiger partial charge < -0.3 is 15.0 Å². The van der Waals surface area contributed by atoms with E-state index < -0.39 is 0 Å². The van der Waals surface area contributed by atoms with Crippen molar-refractivity contribution in [3.05, 3.63) is 24.0 Å². The van der Waals surface area contributed by atoms with Gasteiger partial charge in [0.05, 0.1) is 6.10 Å². The van der Waals surface area contributed by atoms with Crippen LogP contribution in [0, 0.1) is 5.92 Å². The third-order valence-corrected chi connectivity index (χ3v) is 4.73. The van der Waals surface area contributed by atoms with Crippen molar-refractivity contribution < 1.29 is 9.90 Å². The molecule has 0 bridgehead atoms. The standard InChI is InChI=1S/C17H26N2O2/c20-16(18-15-5-3-1-2-4-6-15)12-19-10-9-14(11-19)17(21)13-7-8-13/h9-11,13,15,17,21H,1-8,12H2,(H,18,20). The van der Waals surface area contributed by atoms with Crippen LogP contribution in [-0.2, 0) is 11.3 Å². The van der Waals surface area contributed by atoms with Crippen LogP contribution >= 0.6 is 0 Å². The van der Waals surface area contributed by atoms with Crippen LogP contribution < -0.4 is 5.32 Å². The SMILES string of the molecule is O=C(Cn1ccc(C(O)C2CC2)c1)NC1CCCCCC1. The molecular weight excluding hydrogens is 264 g/mol. The van der Waals surface area contributed by atoms with Crippen LogP contribution in [0.5, 0.6) is 0 Å². The lowest BCUT2D eigenvalue weighted by molar-refractivity contribution is -0.122. The second-order valence-electron chi connectivity index (χ2n) is 6.66. The Balaban J connectivity index is 1.49. The molecule has 2 aliphatic carbocycles. The van der Waals surface area contributed by atoms with Crippen molar-refractivity contribution in [3.8, 4) is 0 Å². The zero-order chi connectivity index (χ0) is 14.7. The number of nitrogens with one attached hydrogen (secondary N) is 1. The Labute approximate surface area is 126 Å². The Morgan fingerprint density at radius 1 is 1.24 bits per heavy atom. The van der Waals surface area contributed by atoms with Crippen molar-refractivity contribution in [2.75, 3.05) is 0 Å². The molecule has 0 spiro atoms. The molecule has 1 heterocycles. The van der Waals surface area contributed by atoms with Gasteiger partial charge >= 0.3 is 0 Å². The van der Waals surface area contributed by atoms with Gasteiger partial charge in [0.15, 0.2) is 0 Å². The Kier molecular flexibility index (Phi) is 4.63. The van der Waals surface area contributed by atoms with Gasteiger partial charge in [-0.15, -0.1) is 0 Å². The van der Waals surface area contributed by atoms with E-state index >= 15 is 0 Å². The van der Waals surface area contributed by atoms with E-state index in [-0.39, 0.29) is 12.0 Å². The van der Waals surface area contributed by atoms with E-state index in [1.807, 2.05) is 23.0 Å². The molecular formula is C17H26N2O2. The number of aliphatic hydroxyl groups excluding tert-OH is 1. The van der Waals surface area contributed by atoms with E-state index in [9.17, 15) is 9.90 Å². The van der Waals surface area contributed by atoms with E-state index in [4.69, 9.17) is 0 Å². The van der Waals surface area contributed by atoms with Crippen LogP contribution in [0.15, 0.2) is 18.5 Å². The molecule has 1 atom stereocenters. The summed E-state index contributed by atoms with van der Waals surface area (Å²) in [6, 6.07) is 2.29. The number of hydrogen-bond donors (Lipinski definition) is 2. The molecule has 1 unspecified atom stereocenters. The summed E-state index contributed by atoms with van der Waals surface area (Å²) in [6.45, 7) is 0.355. The molecule has 2 fully saturated rings. The van der Waals surface area contributed by atoms with Gasteiger partial charge in [-0.1, -0.05) is 25.7 Å². The number of amides is 1. The number of nitrogens with zero attached hydrogens (tertiary/aromatic N) is 1. The average molecular weight is 290 g/mol. The Morgan fingerprint density at radius 2 is 1.95 bits per heavy atom. The predicted octanol–water partition coefficient (Wildman–Crippen LogP) is 2.77. The van der Waals surface area contributed by atoms with E-state index in [1.54, 1.807) is 0 Å². The van der Waals surface area contributed by atoms with Gasteiger partial charge in [0, 0.05) is 18.4 Å². The summed E-state index contributed by atoms with van der Waals surface area (Å²) in [5.74, 6) is 0.519. The van der Waals surface area contributed by atoms with Crippen molar-refractivity contribution in [2.45, 2.75) is 70.1 Å². The molecule has 2 saturated carbocycles. The molecule has 1 aromatic heterocycles. The zero-order valence-corrected chi connectivity index (χ0v) is 12.6. The Hall–Kier alpha value is -1.29. The van der Waals surface area contributed by atoms with Crippen molar-refractivity contribution in [2.24, 2.45) is 5.92 Å². The lowest BCUT2D eigenvalue weighted by Gasteiger charge is -2.16. The number of carbonyl (C=O) groups excluding carboxylic acids is 1. The van der Waals surface area contributed by atoms with Crippen LogP contribution in [0.4, 0.5) is 0 Å². The van der Waals surface area contributed by atoms with Gasteiger partial charge in [-0.2, -0.15) is 0 Å². The number of hydrogen-bond acceptors (Lipinski definition) is 2. The number of carbonyl (C=O) groups is 1. The molecule has 116 valence electrons. The summed E-state index contributed by atoms with van der Waals surface area (Å²) in [7, 11) is 0. The van der Waals surface area contributed by atoms with Crippen molar-refractivity contribution in [3.63, 3.8) is 0 Å². The molecule has 0 radical (unpaired) electrons. The Morgan fingerprint density at radius 3 is 2.62 bits per heavy atom. The second-order valence-corrected chi connectivity index (χ2v) is 6.66. The maximum absolute atomic E-state index is 12.1. The molecule has 0 aliphatic heterocycles. The minimum absolute atomic E-state index is 0.0879. The van der Waals surface area contributed by atoms with Gasteiger partial charge in [0.2, 0.25) is 5.91 Å². The van der Waals surface area contributed by atoms with Crippen molar-refractivity contribution in [1.29, 1.82) is 0 Å². The van der Waals surface area contributed by atoms with Crippen LogP contribution in [0.1, 0.15) is 63.0 Å². The van der Waals surface area contributed by atoms with E-state index in [0.717, 1.165) is 31.2 Å². The average Bonchev–Trinajstić information content (AvgIpc) is 3.24. The summed E-state index contributed by atoms with van der Waals surface area (Å²) >= 11 is 0. The quantitative estimate of drug-likeness (QED) is 0.819. The minimum atomic E-state index is -0.351. The third-order valence-electron chi connectivity index (χ3n) is 4.73. The maximum Gasteiger partial charge on any atom is 0.240 e. The molecule has 21 heavy (non-hydrogen) atoms. The monoisotopic (exact) mass is 290 g/mol. The third kappa shape index (κ3) is 4.10. The Bertz CT molecular complexity index is 471. The van der Waals surface area contributed by atoms with Crippen LogP contribution in [-0.4, -0.2) is 21.6 Å². The number of rotatable bonds is 5. The maximum atomic E-state index is 12.1. The van der Waals surface area contributed by atoms with Crippen LogP contribution in [0.25, 0.3) is 0 Å². The van der Waals surface area contributed by atoms with Gasteiger partial charge in [0.25, 0.3) is 0 Å². The molecule has 2 aliphatic rings. The molecule has 4 heteroatoms. The van der Waals surface area contributed by atoms with Gasteiger partial charge in [-0.05, 0) is 43.2 Å². The lowest BCUT2D eigenvalue weighted by atomic mass is 10.1. The highest BCUT2D eigenvalue weighted by atomic mass is 16.3. The highest BCUT2D eigenvalue weighted by Crippen LogP contribution is 2.40. The molecule has 3 rings (SSSR count). The fourth-order valence-corrected chi connectivity index (χ4v) is 3.28. The zero-order valence-electron chi connectivity index (χ0n) is 12.6. The molecule has 4 nitrogen and oxygen atoms in total. The van der Waals surface area contributed by atoms with Gasteiger partial charge in [0.1, 0.15) is 6.54 Å². The van der Waals surface area contributed by atoms with Gasteiger partial charge in [-0.3, -0.25) is 4.79 Å². The van der Waals surface area contributed by atoms with Gasteiger partial charge in [-0.25, -0.2) is 0 Å². The first-order valence-electron chi connectivity index (χ1n) is 8.35. The molecule has 0 saturated heterocycles. The highest BCUT2D eigenvalue weighted by molar-refractivity contribution is 5.76. The van der Waals surface area contributed by atoms with E-state index in [0.29, 0.717) is 18.5 Å². The van der Waals surface area contributed by atoms with Crippen LogP contribution in [0.2, 0.25) is 0 Å². The lowest BCUT2D eigenvalue weighted by Crippen LogP contribution is -2.36. The normalized spacial score (nSPS) is 21.8. The fraction of sp³-hybridized carbons (Fsp3) is 0.706. The predicted molar refractivity (Wildman–Crippen MR) is 81.7 cm³/mol. The summed E-state index contributed by atoms with van der Waals surface area (Å²) in [6.07, 6.45) is 13.0. The summed E-state index contributed by atoms with van der Waals surface area (Å²) in [5.41, 5.74) is 0.944. The van der Waals surface area contributed by atoms with Crippen molar-refractivity contribution in [1.82, 2.24) is 9.88 Å². The topological polar surface area (TPSA) is 54.3 Å². The number of aliphatic hydroxyl groups is 1. The summed E-state index contributed by atoms with van der Waals surface area (Å²) < 4.78 is 1.88. The first-order valence-corrected chi connectivity index (χ1v) is 8.35. The minimum Gasteiger partial charge on any atom is -0.388 e.